The summed E-state index contributed by atoms with van der Waals surface area (Å²) in [7, 11) is 0. The van der Waals surface area contributed by atoms with Gasteiger partial charge in [-0.25, -0.2) is 14.6 Å². The Labute approximate surface area is 216 Å². The van der Waals surface area contributed by atoms with E-state index in [-0.39, 0.29) is 30.0 Å². The number of imidazole rings is 1. The highest BCUT2D eigenvalue weighted by atomic mass is 16.5. The molecule has 0 bridgehead atoms. The Morgan fingerprint density at radius 2 is 1.89 bits per heavy atom. The maximum Gasteiger partial charge on any atom is 0.353 e. The molecular weight excluding hydrogens is 492 g/mol. The summed E-state index contributed by atoms with van der Waals surface area (Å²) in [6.07, 6.45) is 0. The Morgan fingerprint density at radius 3 is 2.53 bits per heavy atom. The molecule has 38 heavy (non-hydrogen) atoms. The Hall–Kier alpha value is -5.20. The number of urea groups is 1. The number of hydrogen-bond acceptors (Lipinski definition) is 7. The van der Waals surface area contributed by atoms with Crippen LogP contribution in [0.3, 0.4) is 0 Å². The quantitative estimate of drug-likeness (QED) is 0.322. The zero-order valence-electron chi connectivity index (χ0n) is 20.6. The third-order valence-electron chi connectivity index (χ3n) is 6.01. The summed E-state index contributed by atoms with van der Waals surface area (Å²) in [5, 5.41) is 22.2. The predicted octanol–water partition coefficient (Wildman–Crippen LogP) is 2.46. The summed E-state index contributed by atoms with van der Waals surface area (Å²) in [5.41, 5.74) is 2.38. The van der Waals surface area contributed by atoms with Gasteiger partial charge < -0.3 is 19.7 Å². The number of hydrogen-bond donors (Lipinski definition) is 3. The number of anilines is 1. The fourth-order valence-corrected chi connectivity index (χ4v) is 4.12. The van der Waals surface area contributed by atoms with E-state index in [0.29, 0.717) is 36.1 Å². The number of rotatable bonds is 8. The van der Waals surface area contributed by atoms with Gasteiger partial charge in [-0.05, 0) is 25.5 Å². The van der Waals surface area contributed by atoms with E-state index in [1.54, 1.807) is 4.90 Å². The molecule has 1 aromatic carbocycles. The molecule has 194 valence electrons. The number of H-pyrrole nitrogens is 1. The molecule has 4 heterocycles. The number of ether oxygens (including phenoxy) is 1. The molecule has 13 nitrogen and oxygen atoms in total. The maximum absolute atomic E-state index is 12.8. The van der Waals surface area contributed by atoms with Crippen molar-refractivity contribution in [2.75, 3.05) is 4.90 Å². The average Bonchev–Trinajstić information content (AvgIpc) is 3.47. The lowest BCUT2D eigenvalue weighted by Gasteiger charge is -2.28. The first-order valence-electron chi connectivity index (χ1n) is 11.7. The number of carboxylic acids is 1. The zero-order valence-corrected chi connectivity index (χ0v) is 20.6. The molecule has 0 saturated heterocycles. The van der Waals surface area contributed by atoms with E-state index >= 15 is 0 Å². The Morgan fingerprint density at radius 1 is 1.13 bits per heavy atom. The van der Waals surface area contributed by atoms with Crippen molar-refractivity contribution in [2.45, 2.75) is 33.5 Å². The summed E-state index contributed by atoms with van der Waals surface area (Å²) in [6, 6.07) is 11.5. The molecule has 5 rings (SSSR count). The average molecular weight is 517 g/mol. The summed E-state index contributed by atoms with van der Waals surface area (Å²) < 4.78 is 8.68. The van der Waals surface area contributed by atoms with E-state index in [1.165, 1.54) is 12.1 Å². The van der Waals surface area contributed by atoms with Gasteiger partial charge in [-0.3, -0.25) is 14.8 Å². The van der Waals surface area contributed by atoms with Crippen LogP contribution < -0.4 is 20.5 Å². The van der Waals surface area contributed by atoms with Crippen LogP contribution in [0.15, 0.2) is 53.8 Å². The molecule has 4 aromatic rings. The van der Waals surface area contributed by atoms with Crippen LogP contribution in [0.5, 0.6) is 5.88 Å². The lowest BCUT2D eigenvalue weighted by atomic mass is 10.1. The van der Waals surface area contributed by atoms with Gasteiger partial charge in [0, 0.05) is 18.7 Å². The lowest BCUT2D eigenvalue weighted by Crippen LogP contribution is -2.43. The number of carboxylic acid groups (broad SMARTS) is 1. The largest absolute Gasteiger partial charge is 0.477 e. The zero-order chi connectivity index (χ0) is 27.0. The second-order valence-corrected chi connectivity index (χ2v) is 8.59. The van der Waals surface area contributed by atoms with Crippen molar-refractivity contribution in [3.8, 4) is 11.7 Å². The van der Waals surface area contributed by atoms with Crippen molar-refractivity contribution in [1.29, 1.82) is 0 Å². The minimum absolute atomic E-state index is 0.0281. The van der Waals surface area contributed by atoms with E-state index in [4.69, 9.17) is 14.8 Å². The standard InChI is InChI=1S/C25H24N8O5/c1-4-31-19(13-38-20-10-9-18(28-29-20)33-21(34)11-17(30-33)24(35)36)27-23-22(31)15(3)26-25(37)32(23)12-16-7-5-14(2)6-8-16/h5-11,30H,3-4,12-13H2,1-2H3,(H,26,37)(H,35,36). The number of carbonyl (C=O) groups excluding carboxylic acids is 1. The Kier molecular flexibility index (Phi) is 6.24. The molecule has 0 spiro atoms. The molecule has 1 aliphatic rings. The molecule has 1 aliphatic heterocycles. The van der Waals surface area contributed by atoms with E-state index in [9.17, 15) is 14.4 Å². The van der Waals surface area contributed by atoms with Crippen LogP contribution >= 0.6 is 0 Å². The van der Waals surface area contributed by atoms with Crippen LogP contribution in [0.25, 0.3) is 11.5 Å². The number of aromatic carboxylic acids is 1. The van der Waals surface area contributed by atoms with Gasteiger partial charge in [0.2, 0.25) is 5.88 Å². The van der Waals surface area contributed by atoms with Gasteiger partial charge >= 0.3 is 12.0 Å². The highest BCUT2D eigenvalue weighted by Gasteiger charge is 2.32. The molecule has 0 saturated carbocycles. The molecule has 13 heteroatoms. The van der Waals surface area contributed by atoms with Crippen molar-refractivity contribution >= 4 is 23.5 Å². The van der Waals surface area contributed by atoms with Crippen LogP contribution in [0.1, 0.15) is 40.1 Å². The van der Waals surface area contributed by atoms with E-state index < -0.39 is 11.5 Å². The number of fused-ring (bicyclic) bond motifs is 1. The van der Waals surface area contributed by atoms with Gasteiger partial charge in [0.15, 0.2) is 11.6 Å². The fourth-order valence-electron chi connectivity index (χ4n) is 4.12. The molecule has 3 aromatic heterocycles. The SMILES string of the molecule is C=C1NC(=O)N(Cc2ccc(C)cc2)c2nc(COc3ccc(-n4[nH]c(C(=O)O)cc4=O)nn3)n(CC)c21. The summed E-state index contributed by atoms with van der Waals surface area (Å²) in [5.74, 6) is 0.0519. The number of benzene rings is 1. The molecular formula is C25H24N8O5. The minimum atomic E-state index is -1.26. The van der Waals surface area contributed by atoms with Crippen LogP contribution in [-0.4, -0.2) is 46.6 Å². The number of aromatic amines is 1. The summed E-state index contributed by atoms with van der Waals surface area (Å²) in [4.78, 5) is 42.2. The van der Waals surface area contributed by atoms with E-state index in [2.05, 4.69) is 27.2 Å². The fraction of sp³-hybridized carbons (Fsp3) is 0.200. The maximum atomic E-state index is 12.8. The normalized spacial score (nSPS) is 12.8. The molecule has 2 amide bonds. The molecule has 0 fully saturated rings. The van der Waals surface area contributed by atoms with Crippen molar-refractivity contribution in [2.24, 2.45) is 0 Å². The first kappa shape index (κ1) is 24.5. The first-order valence-corrected chi connectivity index (χ1v) is 11.7. The lowest BCUT2D eigenvalue weighted by molar-refractivity contribution is 0.0690. The summed E-state index contributed by atoms with van der Waals surface area (Å²) >= 11 is 0. The number of aromatic nitrogens is 6. The van der Waals surface area contributed by atoms with Crippen LogP contribution in [0.4, 0.5) is 10.6 Å². The third kappa shape index (κ3) is 4.52. The van der Waals surface area contributed by atoms with Gasteiger partial charge in [-0.2, -0.15) is 4.68 Å². The molecule has 0 atom stereocenters. The number of aryl methyl sites for hydroxylation is 1. The van der Waals surface area contributed by atoms with E-state index in [0.717, 1.165) is 21.9 Å². The van der Waals surface area contributed by atoms with Gasteiger partial charge in [-0.15, -0.1) is 10.2 Å². The first-order chi connectivity index (χ1) is 18.2. The van der Waals surface area contributed by atoms with Crippen LogP contribution in [0.2, 0.25) is 0 Å². The van der Waals surface area contributed by atoms with Crippen molar-refractivity contribution in [1.82, 2.24) is 34.8 Å². The van der Waals surface area contributed by atoms with Crippen LogP contribution in [0, 0.1) is 6.92 Å². The van der Waals surface area contributed by atoms with Gasteiger partial charge in [0.05, 0.1) is 12.2 Å². The molecule has 0 aliphatic carbocycles. The summed E-state index contributed by atoms with van der Waals surface area (Å²) in [6.45, 7) is 8.88. The number of amides is 2. The second kappa shape index (κ2) is 9.69. The van der Waals surface area contributed by atoms with Crippen molar-refractivity contribution < 1.29 is 19.4 Å². The Balaban J connectivity index is 1.37. The highest BCUT2D eigenvalue weighted by molar-refractivity contribution is 6.02. The molecule has 0 unspecified atom stereocenters. The highest BCUT2D eigenvalue weighted by Crippen LogP contribution is 2.32. The van der Waals surface area contributed by atoms with Gasteiger partial charge in [0.1, 0.15) is 23.8 Å². The van der Waals surface area contributed by atoms with E-state index in [1.807, 2.05) is 42.7 Å². The minimum Gasteiger partial charge on any atom is -0.477 e. The Bertz CT molecular complexity index is 1600. The monoisotopic (exact) mass is 516 g/mol. The van der Waals surface area contributed by atoms with Gasteiger partial charge in [-0.1, -0.05) is 36.4 Å². The number of nitrogens with zero attached hydrogens (tertiary/aromatic N) is 6. The van der Waals surface area contributed by atoms with Crippen molar-refractivity contribution in [3.63, 3.8) is 0 Å². The number of nitrogens with one attached hydrogen (secondary N) is 2. The predicted molar refractivity (Wildman–Crippen MR) is 136 cm³/mol. The molecule has 3 N–H and O–H groups in total. The number of carbonyl (C=O) groups is 2. The topological polar surface area (TPSA) is 160 Å². The third-order valence-corrected chi connectivity index (χ3v) is 6.01. The van der Waals surface area contributed by atoms with Crippen molar-refractivity contribution in [3.05, 3.63) is 87.7 Å². The van der Waals surface area contributed by atoms with Gasteiger partial charge in [0.25, 0.3) is 5.56 Å². The molecule has 0 radical (unpaired) electrons. The smallest absolute Gasteiger partial charge is 0.353 e. The second-order valence-electron chi connectivity index (χ2n) is 8.59. The van der Waals surface area contributed by atoms with Crippen LogP contribution in [-0.2, 0) is 19.7 Å².